The minimum absolute atomic E-state index is 0.0896. The van der Waals surface area contributed by atoms with Crippen LogP contribution in [0, 0.1) is 5.92 Å². The summed E-state index contributed by atoms with van der Waals surface area (Å²) in [5.41, 5.74) is 0. The highest BCUT2D eigenvalue weighted by Crippen LogP contribution is 2.29. The van der Waals surface area contributed by atoms with E-state index in [1.807, 2.05) is 0 Å². The van der Waals surface area contributed by atoms with Gasteiger partial charge in [-0.25, -0.2) is 0 Å². The molecule has 2 saturated carbocycles. The average molecular weight is 225 g/mol. The van der Waals surface area contributed by atoms with Gasteiger partial charge in [-0.05, 0) is 31.6 Å². The zero-order chi connectivity index (χ0) is 11.4. The van der Waals surface area contributed by atoms with Crippen molar-refractivity contribution in [3.63, 3.8) is 0 Å². The molecular weight excluding hydrogens is 198 g/mol. The Morgan fingerprint density at radius 3 is 2.25 bits per heavy atom. The quantitative estimate of drug-likeness (QED) is 0.774. The summed E-state index contributed by atoms with van der Waals surface area (Å²) < 4.78 is 0. The standard InChI is InChI=1S/C14H27NO/c1-2-11-7-3-4-8-12(11)15-13-9-5-6-10-14(13)16/h11-16H,2-10H2,1H3. The van der Waals surface area contributed by atoms with Crippen molar-refractivity contribution in [1.29, 1.82) is 0 Å². The van der Waals surface area contributed by atoms with E-state index < -0.39 is 0 Å². The summed E-state index contributed by atoms with van der Waals surface area (Å²) >= 11 is 0. The Morgan fingerprint density at radius 1 is 0.938 bits per heavy atom. The third-order valence-corrected chi connectivity index (χ3v) is 4.59. The minimum atomic E-state index is -0.0896. The van der Waals surface area contributed by atoms with Crippen molar-refractivity contribution in [1.82, 2.24) is 5.32 Å². The molecule has 0 radical (unpaired) electrons. The van der Waals surface area contributed by atoms with E-state index in [0.29, 0.717) is 12.1 Å². The maximum absolute atomic E-state index is 10.00. The predicted molar refractivity (Wildman–Crippen MR) is 67.4 cm³/mol. The second-order valence-electron chi connectivity index (χ2n) is 5.68. The zero-order valence-electron chi connectivity index (χ0n) is 10.6. The van der Waals surface area contributed by atoms with E-state index in [2.05, 4.69) is 12.2 Å². The van der Waals surface area contributed by atoms with Crippen molar-refractivity contribution in [3.8, 4) is 0 Å². The normalized spacial score (nSPS) is 40.9. The van der Waals surface area contributed by atoms with Gasteiger partial charge in [-0.1, -0.05) is 39.0 Å². The van der Waals surface area contributed by atoms with Gasteiger partial charge >= 0.3 is 0 Å². The van der Waals surface area contributed by atoms with Crippen LogP contribution >= 0.6 is 0 Å². The molecular formula is C14H27NO. The first kappa shape index (κ1) is 12.4. The molecule has 2 N–H and O–H groups in total. The summed E-state index contributed by atoms with van der Waals surface area (Å²) in [5, 5.41) is 13.8. The second kappa shape index (κ2) is 6.02. The van der Waals surface area contributed by atoms with Gasteiger partial charge in [0.2, 0.25) is 0 Å². The molecule has 2 nitrogen and oxygen atoms in total. The monoisotopic (exact) mass is 225 g/mol. The van der Waals surface area contributed by atoms with Crippen molar-refractivity contribution in [3.05, 3.63) is 0 Å². The smallest absolute Gasteiger partial charge is 0.0693 e. The molecule has 0 aromatic rings. The summed E-state index contributed by atoms with van der Waals surface area (Å²) in [5.74, 6) is 0.850. The van der Waals surface area contributed by atoms with E-state index in [-0.39, 0.29) is 6.10 Å². The molecule has 16 heavy (non-hydrogen) atoms. The lowest BCUT2D eigenvalue weighted by Gasteiger charge is -2.38. The van der Waals surface area contributed by atoms with Crippen LogP contribution in [0.25, 0.3) is 0 Å². The van der Waals surface area contributed by atoms with Crippen molar-refractivity contribution in [2.75, 3.05) is 0 Å². The van der Waals surface area contributed by atoms with Crippen molar-refractivity contribution < 1.29 is 5.11 Å². The van der Waals surface area contributed by atoms with Crippen LogP contribution in [0.3, 0.4) is 0 Å². The lowest BCUT2D eigenvalue weighted by Crippen LogP contribution is -2.50. The Bertz CT molecular complexity index is 207. The lowest BCUT2D eigenvalue weighted by molar-refractivity contribution is 0.0740. The molecule has 2 aliphatic carbocycles. The summed E-state index contributed by atoms with van der Waals surface area (Å²) in [6.07, 6.45) is 11.4. The van der Waals surface area contributed by atoms with Crippen LogP contribution in [0.4, 0.5) is 0 Å². The third-order valence-electron chi connectivity index (χ3n) is 4.59. The molecule has 0 spiro atoms. The molecule has 0 aromatic carbocycles. The Morgan fingerprint density at radius 2 is 1.56 bits per heavy atom. The Hall–Kier alpha value is -0.0800. The summed E-state index contributed by atoms with van der Waals surface area (Å²) in [6, 6.07) is 1.06. The van der Waals surface area contributed by atoms with E-state index in [9.17, 15) is 5.11 Å². The van der Waals surface area contributed by atoms with E-state index in [0.717, 1.165) is 12.3 Å². The highest BCUT2D eigenvalue weighted by Gasteiger charge is 2.29. The topological polar surface area (TPSA) is 32.3 Å². The average Bonchev–Trinajstić information content (AvgIpc) is 2.33. The van der Waals surface area contributed by atoms with Crippen LogP contribution in [-0.4, -0.2) is 23.3 Å². The number of nitrogens with one attached hydrogen (secondary N) is 1. The fourth-order valence-corrected chi connectivity index (χ4v) is 3.50. The molecule has 0 saturated heterocycles. The Kier molecular flexibility index (Phi) is 4.66. The van der Waals surface area contributed by atoms with E-state index in [1.54, 1.807) is 0 Å². The van der Waals surface area contributed by atoms with Crippen LogP contribution in [0.5, 0.6) is 0 Å². The van der Waals surface area contributed by atoms with Crippen molar-refractivity contribution >= 4 is 0 Å². The van der Waals surface area contributed by atoms with Gasteiger partial charge in [0.05, 0.1) is 6.10 Å². The van der Waals surface area contributed by atoms with E-state index in [4.69, 9.17) is 0 Å². The molecule has 2 aliphatic rings. The van der Waals surface area contributed by atoms with Crippen LogP contribution in [0.1, 0.15) is 64.7 Å². The first-order valence-corrected chi connectivity index (χ1v) is 7.25. The maximum Gasteiger partial charge on any atom is 0.0693 e. The number of hydrogen-bond acceptors (Lipinski definition) is 2. The molecule has 4 atom stereocenters. The fraction of sp³-hybridized carbons (Fsp3) is 1.00. The van der Waals surface area contributed by atoms with Gasteiger partial charge in [-0.2, -0.15) is 0 Å². The van der Waals surface area contributed by atoms with Crippen LogP contribution in [-0.2, 0) is 0 Å². The molecule has 0 bridgehead atoms. The van der Waals surface area contributed by atoms with Gasteiger partial charge in [-0.3, -0.25) is 0 Å². The molecule has 2 fully saturated rings. The molecule has 4 unspecified atom stereocenters. The summed E-state index contributed by atoms with van der Waals surface area (Å²) in [4.78, 5) is 0. The molecule has 0 heterocycles. The highest BCUT2D eigenvalue weighted by molar-refractivity contribution is 4.87. The molecule has 0 aromatic heterocycles. The van der Waals surface area contributed by atoms with Crippen LogP contribution < -0.4 is 5.32 Å². The first-order chi connectivity index (χ1) is 7.81. The van der Waals surface area contributed by atoms with E-state index in [1.165, 1.54) is 51.4 Å². The van der Waals surface area contributed by atoms with Crippen LogP contribution in [0.15, 0.2) is 0 Å². The van der Waals surface area contributed by atoms with Gasteiger partial charge in [0.25, 0.3) is 0 Å². The van der Waals surface area contributed by atoms with Gasteiger partial charge in [0.15, 0.2) is 0 Å². The molecule has 94 valence electrons. The van der Waals surface area contributed by atoms with Gasteiger partial charge in [0.1, 0.15) is 0 Å². The fourth-order valence-electron chi connectivity index (χ4n) is 3.50. The Balaban J connectivity index is 1.86. The molecule has 0 aliphatic heterocycles. The second-order valence-corrected chi connectivity index (χ2v) is 5.68. The van der Waals surface area contributed by atoms with Crippen LogP contribution in [0.2, 0.25) is 0 Å². The Labute approximate surface area is 99.8 Å². The van der Waals surface area contributed by atoms with Crippen molar-refractivity contribution in [2.24, 2.45) is 5.92 Å². The number of aliphatic hydroxyl groups is 1. The predicted octanol–water partition coefficient (Wildman–Crippen LogP) is 2.85. The summed E-state index contributed by atoms with van der Waals surface area (Å²) in [7, 11) is 0. The lowest BCUT2D eigenvalue weighted by atomic mass is 9.81. The minimum Gasteiger partial charge on any atom is -0.392 e. The molecule has 2 heteroatoms. The largest absolute Gasteiger partial charge is 0.392 e. The van der Waals surface area contributed by atoms with Gasteiger partial charge in [-0.15, -0.1) is 0 Å². The highest BCUT2D eigenvalue weighted by atomic mass is 16.3. The first-order valence-electron chi connectivity index (χ1n) is 7.25. The summed E-state index contributed by atoms with van der Waals surface area (Å²) in [6.45, 7) is 2.31. The number of rotatable bonds is 3. The number of hydrogen-bond donors (Lipinski definition) is 2. The molecule has 0 amide bonds. The zero-order valence-corrected chi connectivity index (χ0v) is 10.6. The van der Waals surface area contributed by atoms with Crippen molar-refractivity contribution in [2.45, 2.75) is 82.9 Å². The van der Waals surface area contributed by atoms with Gasteiger partial charge in [0, 0.05) is 12.1 Å². The van der Waals surface area contributed by atoms with E-state index >= 15 is 0 Å². The SMILES string of the molecule is CCC1CCCCC1NC1CCCCC1O. The third kappa shape index (κ3) is 2.98. The maximum atomic E-state index is 10.00. The molecule has 2 rings (SSSR count). The number of aliphatic hydroxyl groups excluding tert-OH is 1. The van der Waals surface area contributed by atoms with Gasteiger partial charge < -0.3 is 10.4 Å².